The van der Waals surface area contributed by atoms with Crippen molar-refractivity contribution in [2.45, 2.75) is 43.7 Å². The second-order valence-corrected chi connectivity index (χ2v) is 9.63. The first kappa shape index (κ1) is 24.5. The quantitative estimate of drug-likeness (QED) is 0.526. The van der Waals surface area contributed by atoms with Crippen LogP contribution < -0.4 is 16.4 Å². The van der Waals surface area contributed by atoms with E-state index < -0.39 is 23.6 Å². The van der Waals surface area contributed by atoms with Crippen LogP contribution in [0.3, 0.4) is 0 Å². The third-order valence-electron chi connectivity index (χ3n) is 7.23. The lowest BCUT2D eigenvalue weighted by Gasteiger charge is -2.48. The Labute approximate surface area is 204 Å². The molecule has 34 heavy (non-hydrogen) atoms. The van der Waals surface area contributed by atoms with Gasteiger partial charge in [0.05, 0.1) is 18.7 Å². The number of halogens is 1. The minimum absolute atomic E-state index is 0.264. The molecule has 0 bridgehead atoms. The Bertz CT molecular complexity index is 983. The van der Waals surface area contributed by atoms with Gasteiger partial charge in [0.25, 0.3) is 0 Å². The number of ether oxygens (including phenoxy) is 1. The second-order valence-electron chi connectivity index (χ2n) is 9.19. The van der Waals surface area contributed by atoms with Gasteiger partial charge >= 0.3 is 12.0 Å². The number of esters is 1. The third kappa shape index (κ3) is 4.92. The van der Waals surface area contributed by atoms with Crippen molar-refractivity contribution in [3.05, 3.63) is 46.1 Å². The van der Waals surface area contributed by atoms with Gasteiger partial charge in [-0.15, -0.1) is 0 Å². The average Bonchev–Trinajstić information content (AvgIpc) is 2.84. The number of carbonyl (C=O) groups excluding carboxylic acids is 3. The normalized spacial score (nSPS) is 23.7. The Hall–Kier alpha value is -2.62. The van der Waals surface area contributed by atoms with Crippen molar-refractivity contribution >= 4 is 29.5 Å². The minimum atomic E-state index is -0.683. The highest BCUT2D eigenvalue weighted by atomic mass is 35.5. The maximum Gasteiger partial charge on any atom is 0.338 e. The number of methoxy groups -OCH3 is 1. The van der Waals surface area contributed by atoms with E-state index in [4.69, 9.17) is 22.1 Å². The molecule has 1 aromatic rings. The van der Waals surface area contributed by atoms with Gasteiger partial charge in [-0.1, -0.05) is 30.2 Å². The summed E-state index contributed by atoms with van der Waals surface area (Å²) < 4.78 is 5.06. The summed E-state index contributed by atoms with van der Waals surface area (Å²) in [6.45, 7) is 3.39. The number of urea groups is 1. The number of hydrogen-bond donors (Lipinski definition) is 3. The zero-order chi connectivity index (χ0) is 24.3. The van der Waals surface area contributed by atoms with Gasteiger partial charge in [0.1, 0.15) is 5.54 Å². The van der Waals surface area contributed by atoms with Crippen LogP contribution in [-0.2, 0) is 14.3 Å². The molecule has 10 heteroatoms. The largest absolute Gasteiger partial charge is 0.466 e. The number of nitrogens with two attached hydrogens (primary N) is 1. The maximum absolute atomic E-state index is 12.8. The lowest BCUT2D eigenvalue weighted by molar-refractivity contribution is -0.136. The van der Waals surface area contributed by atoms with Crippen molar-refractivity contribution in [2.75, 3.05) is 39.8 Å². The monoisotopic (exact) mass is 489 g/mol. The summed E-state index contributed by atoms with van der Waals surface area (Å²) in [5.41, 5.74) is 6.80. The maximum atomic E-state index is 12.8. The van der Waals surface area contributed by atoms with Crippen LogP contribution in [0.25, 0.3) is 0 Å². The molecule has 0 aliphatic carbocycles. The number of benzene rings is 1. The fourth-order valence-corrected chi connectivity index (χ4v) is 5.57. The molecule has 3 aliphatic heterocycles. The number of nitrogens with one attached hydrogen (secondary N) is 2. The molecule has 0 saturated carbocycles. The highest BCUT2D eigenvalue weighted by molar-refractivity contribution is 6.30. The molecule has 0 radical (unpaired) electrons. The van der Waals surface area contributed by atoms with E-state index >= 15 is 0 Å². The summed E-state index contributed by atoms with van der Waals surface area (Å²) in [6, 6.07) is 5.96. The Balaban J connectivity index is 1.56. The van der Waals surface area contributed by atoms with Crippen molar-refractivity contribution in [2.24, 2.45) is 5.73 Å². The van der Waals surface area contributed by atoms with E-state index in [1.807, 2.05) is 6.07 Å². The van der Waals surface area contributed by atoms with Crippen LogP contribution in [0.1, 0.15) is 43.7 Å². The van der Waals surface area contributed by atoms with Gasteiger partial charge < -0.3 is 21.1 Å². The molecule has 1 atom stereocenters. The highest BCUT2D eigenvalue weighted by Gasteiger charge is 2.45. The van der Waals surface area contributed by atoms with E-state index in [1.165, 1.54) is 13.5 Å². The summed E-state index contributed by atoms with van der Waals surface area (Å²) >= 11 is 6.16. The number of rotatable bonds is 6. The van der Waals surface area contributed by atoms with Crippen LogP contribution in [-0.4, -0.2) is 73.1 Å². The zero-order valence-corrected chi connectivity index (χ0v) is 20.2. The van der Waals surface area contributed by atoms with Crippen molar-refractivity contribution < 1.29 is 19.1 Å². The number of amides is 3. The molecule has 3 amide bonds. The first-order valence-corrected chi connectivity index (χ1v) is 12.1. The fourth-order valence-electron chi connectivity index (χ4n) is 5.37. The molecular weight excluding hydrogens is 458 g/mol. The molecule has 0 aromatic heterocycles. The van der Waals surface area contributed by atoms with Gasteiger partial charge in [-0.2, -0.15) is 0 Å². The van der Waals surface area contributed by atoms with Gasteiger partial charge in [0.2, 0.25) is 5.91 Å². The van der Waals surface area contributed by atoms with Crippen LogP contribution in [0.15, 0.2) is 35.5 Å². The van der Waals surface area contributed by atoms with Gasteiger partial charge in [-0.05, 0) is 56.5 Å². The lowest BCUT2D eigenvalue weighted by Crippen LogP contribution is -2.63. The number of piperidine rings is 2. The summed E-state index contributed by atoms with van der Waals surface area (Å²) in [6.07, 6.45) is 4.58. The molecule has 2 fully saturated rings. The summed E-state index contributed by atoms with van der Waals surface area (Å²) in [5, 5.41) is 6.12. The SMILES string of the molecule is COC(=O)C1=C(CN2CCC(C(N)=O)(N3CCCCC3)CC2)NC(=O)N[C@H]1c1cccc(Cl)c1. The van der Waals surface area contributed by atoms with Gasteiger partial charge in [0, 0.05) is 30.4 Å². The van der Waals surface area contributed by atoms with Crippen LogP contribution in [0.2, 0.25) is 5.02 Å². The number of nitrogens with zero attached hydrogens (tertiary/aromatic N) is 2. The van der Waals surface area contributed by atoms with Crippen LogP contribution in [0.5, 0.6) is 0 Å². The fraction of sp³-hybridized carbons (Fsp3) is 0.542. The van der Waals surface area contributed by atoms with Crippen LogP contribution >= 0.6 is 11.6 Å². The van der Waals surface area contributed by atoms with E-state index in [-0.39, 0.29) is 5.91 Å². The van der Waals surface area contributed by atoms with Crippen molar-refractivity contribution in [1.82, 2.24) is 20.4 Å². The van der Waals surface area contributed by atoms with Crippen molar-refractivity contribution in [1.29, 1.82) is 0 Å². The Morgan fingerprint density at radius 2 is 1.88 bits per heavy atom. The molecule has 0 unspecified atom stereocenters. The Morgan fingerprint density at radius 3 is 2.50 bits per heavy atom. The summed E-state index contributed by atoms with van der Waals surface area (Å²) in [7, 11) is 1.32. The predicted octanol–water partition coefficient (Wildman–Crippen LogP) is 1.93. The molecule has 0 spiro atoms. The zero-order valence-electron chi connectivity index (χ0n) is 19.4. The molecule has 2 saturated heterocycles. The van der Waals surface area contributed by atoms with E-state index in [2.05, 4.69) is 20.4 Å². The Kier molecular flexibility index (Phi) is 7.45. The number of primary amides is 1. The molecule has 4 rings (SSSR count). The molecule has 4 N–H and O–H groups in total. The van der Waals surface area contributed by atoms with Crippen LogP contribution in [0, 0.1) is 0 Å². The van der Waals surface area contributed by atoms with Gasteiger partial charge in [0.15, 0.2) is 0 Å². The third-order valence-corrected chi connectivity index (χ3v) is 7.46. The lowest BCUT2D eigenvalue weighted by atomic mass is 9.83. The minimum Gasteiger partial charge on any atom is -0.466 e. The first-order valence-electron chi connectivity index (χ1n) is 11.8. The smallest absolute Gasteiger partial charge is 0.338 e. The standard InChI is InChI=1S/C24H32ClN5O4/c1-34-21(31)19-18(27-23(33)28-20(19)16-6-5-7-17(25)14-16)15-29-12-8-24(9-13-29,22(26)32)30-10-3-2-4-11-30/h5-7,14,20H,2-4,8-13,15H2,1H3,(H2,26,32)(H2,27,28,33)/t20-/m0/s1. The van der Waals surface area contributed by atoms with Gasteiger partial charge in [-0.3, -0.25) is 14.6 Å². The molecule has 9 nitrogen and oxygen atoms in total. The first-order chi connectivity index (χ1) is 16.3. The topological polar surface area (TPSA) is 117 Å². The molecule has 3 heterocycles. The number of hydrogen-bond acceptors (Lipinski definition) is 6. The number of likely N-dealkylation sites (tertiary alicyclic amines) is 2. The molecular formula is C24H32ClN5O4. The summed E-state index contributed by atoms with van der Waals surface area (Å²) in [5.74, 6) is -0.788. The van der Waals surface area contributed by atoms with E-state index in [0.29, 0.717) is 54.3 Å². The second kappa shape index (κ2) is 10.3. The van der Waals surface area contributed by atoms with E-state index in [0.717, 1.165) is 25.9 Å². The van der Waals surface area contributed by atoms with Gasteiger partial charge in [-0.25, -0.2) is 9.59 Å². The number of carbonyl (C=O) groups is 3. The summed E-state index contributed by atoms with van der Waals surface area (Å²) in [4.78, 5) is 42.3. The van der Waals surface area contributed by atoms with E-state index in [1.54, 1.807) is 18.2 Å². The Morgan fingerprint density at radius 1 is 1.18 bits per heavy atom. The van der Waals surface area contributed by atoms with Crippen molar-refractivity contribution in [3.63, 3.8) is 0 Å². The van der Waals surface area contributed by atoms with Crippen LogP contribution in [0.4, 0.5) is 4.79 Å². The molecule has 184 valence electrons. The molecule has 3 aliphatic rings. The highest BCUT2D eigenvalue weighted by Crippen LogP contribution is 2.33. The van der Waals surface area contributed by atoms with E-state index in [9.17, 15) is 14.4 Å². The molecule has 1 aromatic carbocycles. The predicted molar refractivity (Wildman–Crippen MR) is 128 cm³/mol. The average molecular weight is 490 g/mol. The van der Waals surface area contributed by atoms with Crippen molar-refractivity contribution in [3.8, 4) is 0 Å².